The Balaban J connectivity index is 1.29. The molecule has 25 heavy (non-hydrogen) atoms. The quantitative estimate of drug-likeness (QED) is 0.850. The molecule has 2 aliphatic rings. The summed E-state index contributed by atoms with van der Waals surface area (Å²) >= 11 is 0. The van der Waals surface area contributed by atoms with Crippen molar-refractivity contribution in [3.05, 3.63) is 54.6 Å². The number of rotatable bonds is 6. The minimum absolute atomic E-state index is 0.0225. The summed E-state index contributed by atoms with van der Waals surface area (Å²) in [6.07, 6.45) is 2.76. The van der Waals surface area contributed by atoms with Crippen LogP contribution in [0.5, 0.6) is 11.5 Å². The summed E-state index contributed by atoms with van der Waals surface area (Å²) in [5, 5.41) is 5.83. The van der Waals surface area contributed by atoms with Crippen LogP contribution < -0.4 is 15.4 Å². The second-order valence-electron chi connectivity index (χ2n) is 6.66. The van der Waals surface area contributed by atoms with Crippen LogP contribution in [0.4, 0.5) is 5.69 Å². The number of carbonyl (C=O) groups excluding carboxylic acids is 2. The van der Waals surface area contributed by atoms with E-state index in [9.17, 15) is 9.59 Å². The smallest absolute Gasteiger partial charge is 0.228 e. The van der Waals surface area contributed by atoms with Crippen LogP contribution in [0.2, 0.25) is 0 Å². The molecule has 2 saturated carbocycles. The highest BCUT2D eigenvalue weighted by Gasteiger charge is 2.48. The molecule has 2 fully saturated rings. The van der Waals surface area contributed by atoms with Crippen LogP contribution >= 0.6 is 0 Å². The summed E-state index contributed by atoms with van der Waals surface area (Å²) in [4.78, 5) is 24.2. The number of hydrogen-bond acceptors (Lipinski definition) is 3. The molecule has 0 saturated heterocycles. The number of ether oxygens (including phenoxy) is 1. The van der Waals surface area contributed by atoms with Crippen molar-refractivity contribution in [1.29, 1.82) is 0 Å². The molecular weight excluding hydrogens is 316 g/mol. The Morgan fingerprint density at radius 2 is 1.48 bits per heavy atom. The maximum atomic E-state index is 12.2. The Morgan fingerprint density at radius 3 is 2.16 bits per heavy atom. The lowest BCUT2D eigenvalue weighted by atomic mass is 10.2. The van der Waals surface area contributed by atoms with Gasteiger partial charge in [0.05, 0.1) is 11.8 Å². The maximum absolute atomic E-state index is 12.2. The van der Waals surface area contributed by atoms with Crippen LogP contribution in [0.15, 0.2) is 54.6 Å². The van der Waals surface area contributed by atoms with E-state index in [0.29, 0.717) is 23.9 Å². The Hall–Kier alpha value is -2.82. The number of anilines is 1. The van der Waals surface area contributed by atoms with Gasteiger partial charge in [0.2, 0.25) is 11.8 Å². The second kappa shape index (κ2) is 6.59. The molecule has 2 atom stereocenters. The molecule has 5 nitrogen and oxygen atoms in total. The Morgan fingerprint density at radius 1 is 0.840 bits per heavy atom. The monoisotopic (exact) mass is 336 g/mol. The van der Waals surface area contributed by atoms with Gasteiger partial charge >= 0.3 is 0 Å². The number of nitrogens with one attached hydrogen (secondary N) is 2. The molecule has 0 aromatic heterocycles. The molecule has 5 heteroatoms. The Bertz CT molecular complexity index is 769. The first-order valence-corrected chi connectivity index (χ1v) is 8.63. The van der Waals surface area contributed by atoms with E-state index in [2.05, 4.69) is 10.6 Å². The molecule has 2 unspecified atom stereocenters. The summed E-state index contributed by atoms with van der Waals surface area (Å²) < 4.78 is 5.72. The highest BCUT2D eigenvalue weighted by Crippen LogP contribution is 2.40. The van der Waals surface area contributed by atoms with E-state index < -0.39 is 0 Å². The molecular formula is C20H20N2O3. The van der Waals surface area contributed by atoms with Gasteiger partial charge in [0.25, 0.3) is 0 Å². The zero-order valence-electron chi connectivity index (χ0n) is 13.8. The number of para-hydroxylation sites is 1. The van der Waals surface area contributed by atoms with E-state index in [1.807, 2.05) is 42.5 Å². The van der Waals surface area contributed by atoms with Gasteiger partial charge in [0, 0.05) is 11.7 Å². The van der Waals surface area contributed by atoms with E-state index >= 15 is 0 Å². The van der Waals surface area contributed by atoms with Gasteiger partial charge in [0.15, 0.2) is 0 Å². The lowest BCUT2D eigenvalue weighted by Gasteiger charge is -2.08. The number of carbonyl (C=O) groups is 2. The molecule has 2 aromatic carbocycles. The number of benzene rings is 2. The zero-order valence-corrected chi connectivity index (χ0v) is 13.8. The number of hydrogen-bond donors (Lipinski definition) is 2. The van der Waals surface area contributed by atoms with Crippen molar-refractivity contribution in [2.24, 2.45) is 11.8 Å². The van der Waals surface area contributed by atoms with E-state index in [1.54, 1.807) is 12.1 Å². The van der Waals surface area contributed by atoms with Crippen molar-refractivity contribution in [3.63, 3.8) is 0 Å². The SMILES string of the molecule is O=C(Nc1ccc(Oc2ccccc2)cc1)C1CC1C(=O)NC1CC1. The first-order chi connectivity index (χ1) is 12.2. The molecule has 0 aliphatic heterocycles. The van der Waals surface area contributed by atoms with Gasteiger partial charge in [-0.05, 0) is 55.7 Å². The van der Waals surface area contributed by atoms with E-state index in [0.717, 1.165) is 18.6 Å². The van der Waals surface area contributed by atoms with Gasteiger partial charge in [0.1, 0.15) is 11.5 Å². The van der Waals surface area contributed by atoms with Crippen molar-refractivity contribution in [2.45, 2.75) is 25.3 Å². The maximum Gasteiger partial charge on any atom is 0.228 e. The molecule has 2 aliphatic carbocycles. The molecule has 0 heterocycles. The highest BCUT2D eigenvalue weighted by atomic mass is 16.5. The van der Waals surface area contributed by atoms with Crippen molar-refractivity contribution >= 4 is 17.5 Å². The van der Waals surface area contributed by atoms with Gasteiger partial charge in [-0.25, -0.2) is 0 Å². The van der Waals surface area contributed by atoms with Gasteiger partial charge in [-0.15, -0.1) is 0 Å². The predicted molar refractivity (Wildman–Crippen MR) is 94.3 cm³/mol. The fourth-order valence-corrected chi connectivity index (χ4v) is 2.78. The zero-order chi connectivity index (χ0) is 17.2. The van der Waals surface area contributed by atoms with E-state index in [1.165, 1.54) is 0 Å². The Kier molecular flexibility index (Phi) is 4.14. The standard InChI is InChI=1S/C20H20N2O3/c23-19(21-13-6-7-13)17-12-18(17)20(24)22-14-8-10-16(11-9-14)25-15-4-2-1-3-5-15/h1-5,8-11,13,17-18H,6-7,12H2,(H,21,23)(H,22,24). The lowest BCUT2D eigenvalue weighted by Crippen LogP contribution is -2.29. The summed E-state index contributed by atoms with van der Waals surface area (Å²) in [5.74, 6) is 1.03. The van der Waals surface area contributed by atoms with Gasteiger partial charge in [-0.2, -0.15) is 0 Å². The third kappa shape index (κ3) is 3.99. The molecule has 2 N–H and O–H groups in total. The summed E-state index contributed by atoms with van der Waals surface area (Å²) in [5.41, 5.74) is 0.707. The fourth-order valence-electron chi connectivity index (χ4n) is 2.78. The second-order valence-corrected chi connectivity index (χ2v) is 6.66. The van der Waals surface area contributed by atoms with Gasteiger partial charge < -0.3 is 15.4 Å². The van der Waals surface area contributed by atoms with Crippen molar-refractivity contribution in [2.75, 3.05) is 5.32 Å². The van der Waals surface area contributed by atoms with Crippen molar-refractivity contribution < 1.29 is 14.3 Å². The molecule has 0 radical (unpaired) electrons. The van der Waals surface area contributed by atoms with Crippen molar-refractivity contribution in [1.82, 2.24) is 5.32 Å². The summed E-state index contributed by atoms with van der Waals surface area (Å²) in [6, 6.07) is 17.1. The fraction of sp³-hybridized carbons (Fsp3) is 0.300. The third-order valence-corrected chi connectivity index (χ3v) is 4.49. The normalized spacial score (nSPS) is 21.3. The molecule has 0 bridgehead atoms. The Labute approximate surface area is 146 Å². The molecule has 4 rings (SSSR count). The summed E-state index contributed by atoms with van der Waals surface area (Å²) in [7, 11) is 0. The van der Waals surface area contributed by atoms with Crippen molar-refractivity contribution in [3.8, 4) is 11.5 Å². The topological polar surface area (TPSA) is 67.4 Å². The highest BCUT2D eigenvalue weighted by molar-refractivity contribution is 5.99. The van der Waals surface area contributed by atoms with E-state index in [-0.39, 0.29) is 23.7 Å². The molecule has 0 spiro atoms. The number of amides is 2. The first-order valence-electron chi connectivity index (χ1n) is 8.63. The molecule has 128 valence electrons. The lowest BCUT2D eigenvalue weighted by molar-refractivity contribution is -0.125. The molecule has 2 aromatic rings. The average Bonchev–Trinajstić information content (AvgIpc) is 3.52. The van der Waals surface area contributed by atoms with Gasteiger partial charge in [-0.3, -0.25) is 9.59 Å². The first kappa shape index (κ1) is 15.7. The van der Waals surface area contributed by atoms with E-state index in [4.69, 9.17) is 4.74 Å². The average molecular weight is 336 g/mol. The van der Waals surface area contributed by atoms with Crippen LogP contribution in [0.3, 0.4) is 0 Å². The minimum Gasteiger partial charge on any atom is -0.457 e. The molecule has 2 amide bonds. The van der Waals surface area contributed by atoms with Gasteiger partial charge in [-0.1, -0.05) is 18.2 Å². The van der Waals surface area contributed by atoms with Crippen LogP contribution in [0.1, 0.15) is 19.3 Å². The van der Waals surface area contributed by atoms with Crippen LogP contribution in [-0.2, 0) is 9.59 Å². The van der Waals surface area contributed by atoms with Crippen LogP contribution in [-0.4, -0.2) is 17.9 Å². The third-order valence-electron chi connectivity index (χ3n) is 4.49. The van der Waals surface area contributed by atoms with Crippen LogP contribution in [0.25, 0.3) is 0 Å². The predicted octanol–water partition coefficient (Wildman–Crippen LogP) is 3.33. The largest absolute Gasteiger partial charge is 0.457 e. The van der Waals surface area contributed by atoms with Crippen LogP contribution in [0, 0.1) is 11.8 Å². The summed E-state index contributed by atoms with van der Waals surface area (Å²) in [6.45, 7) is 0. The minimum atomic E-state index is -0.209.